The zero-order chi connectivity index (χ0) is 15.7. The molecule has 21 heavy (non-hydrogen) atoms. The van der Waals surface area contributed by atoms with E-state index in [1.54, 1.807) is 12.1 Å². The van der Waals surface area contributed by atoms with Crippen LogP contribution in [0.25, 0.3) is 0 Å². The number of carbonyl (C=O) groups is 2. The van der Waals surface area contributed by atoms with Gasteiger partial charge in [0.1, 0.15) is 12.4 Å². The lowest BCUT2D eigenvalue weighted by atomic mass is 10.2. The van der Waals surface area contributed by atoms with Gasteiger partial charge in [-0.1, -0.05) is 6.07 Å². The van der Waals surface area contributed by atoms with E-state index in [9.17, 15) is 9.59 Å². The zero-order valence-corrected chi connectivity index (χ0v) is 12.4. The van der Waals surface area contributed by atoms with Crippen molar-refractivity contribution in [1.29, 1.82) is 0 Å². The largest absolute Gasteiger partial charge is 0.492 e. The zero-order valence-electron chi connectivity index (χ0n) is 12.4. The Bertz CT molecular complexity index is 474. The molecule has 1 rings (SSSR count). The molecule has 0 aliphatic rings. The molecule has 3 N–H and O–H groups in total. The highest BCUT2D eigenvalue weighted by Crippen LogP contribution is 2.12. The molecule has 1 aromatic carbocycles. The van der Waals surface area contributed by atoms with Crippen LogP contribution in [0.2, 0.25) is 0 Å². The molecule has 0 radical (unpaired) electrons. The van der Waals surface area contributed by atoms with E-state index < -0.39 is 5.97 Å². The van der Waals surface area contributed by atoms with E-state index in [2.05, 4.69) is 10.6 Å². The third-order valence-electron chi connectivity index (χ3n) is 2.61. The second kappa shape index (κ2) is 8.97. The van der Waals surface area contributed by atoms with Crippen molar-refractivity contribution >= 4 is 11.9 Å². The highest BCUT2D eigenvalue weighted by atomic mass is 16.5. The Morgan fingerprint density at radius 3 is 2.71 bits per heavy atom. The number of aromatic carboxylic acids is 1. The summed E-state index contributed by atoms with van der Waals surface area (Å²) in [6.45, 7) is 5.42. The molecule has 116 valence electrons. The van der Waals surface area contributed by atoms with E-state index in [0.717, 1.165) is 0 Å². The van der Waals surface area contributed by atoms with E-state index in [1.807, 2.05) is 13.8 Å². The summed E-state index contributed by atoms with van der Waals surface area (Å²) in [6.07, 6.45) is 0.423. The number of ether oxygens (including phenoxy) is 1. The van der Waals surface area contributed by atoms with Crippen LogP contribution < -0.4 is 15.4 Å². The van der Waals surface area contributed by atoms with Crippen molar-refractivity contribution in [2.75, 3.05) is 19.7 Å². The molecule has 0 aliphatic carbocycles. The van der Waals surface area contributed by atoms with Crippen LogP contribution in [0.4, 0.5) is 0 Å². The molecule has 1 aromatic rings. The highest BCUT2D eigenvalue weighted by Gasteiger charge is 2.04. The maximum absolute atomic E-state index is 11.4. The first-order valence-electron chi connectivity index (χ1n) is 6.95. The number of rotatable bonds is 9. The average molecular weight is 294 g/mol. The number of carboxylic acid groups (broad SMARTS) is 1. The molecule has 1 amide bonds. The number of carboxylic acids is 1. The van der Waals surface area contributed by atoms with E-state index >= 15 is 0 Å². The molecule has 0 aliphatic heterocycles. The van der Waals surface area contributed by atoms with E-state index in [1.165, 1.54) is 12.1 Å². The molecular weight excluding hydrogens is 272 g/mol. The lowest BCUT2D eigenvalue weighted by molar-refractivity contribution is -0.121. The van der Waals surface area contributed by atoms with Crippen LogP contribution in [0.15, 0.2) is 24.3 Å². The number of carbonyl (C=O) groups excluding carboxylic acids is 1. The Morgan fingerprint density at radius 1 is 1.29 bits per heavy atom. The molecule has 6 heteroatoms. The first-order chi connectivity index (χ1) is 9.99. The standard InChI is InChI=1S/C15H22N2O4/c1-11(2)17-14(18)6-7-16-8-9-21-13-5-3-4-12(10-13)15(19)20/h3-5,10-11,16H,6-9H2,1-2H3,(H,17,18)(H,19,20). The van der Waals surface area contributed by atoms with Gasteiger partial charge in [0.15, 0.2) is 0 Å². The molecule has 0 unspecified atom stereocenters. The second-order valence-electron chi connectivity index (χ2n) is 4.90. The average Bonchev–Trinajstić information content (AvgIpc) is 2.42. The van der Waals surface area contributed by atoms with Gasteiger partial charge < -0.3 is 20.5 Å². The maximum atomic E-state index is 11.4. The third-order valence-corrected chi connectivity index (χ3v) is 2.61. The highest BCUT2D eigenvalue weighted by molar-refractivity contribution is 5.88. The summed E-state index contributed by atoms with van der Waals surface area (Å²) in [5, 5.41) is 14.8. The van der Waals surface area contributed by atoms with Crippen molar-refractivity contribution in [1.82, 2.24) is 10.6 Å². The third kappa shape index (κ3) is 7.31. The summed E-state index contributed by atoms with van der Waals surface area (Å²) in [7, 11) is 0. The Labute approximate surface area is 124 Å². The first-order valence-corrected chi connectivity index (χ1v) is 6.95. The van der Waals surface area contributed by atoms with Crippen LogP contribution in [-0.4, -0.2) is 42.7 Å². The second-order valence-corrected chi connectivity index (χ2v) is 4.90. The minimum atomic E-state index is -0.977. The van der Waals surface area contributed by atoms with Crippen molar-refractivity contribution < 1.29 is 19.4 Å². The van der Waals surface area contributed by atoms with Gasteiger partial charge in [-0.05, 0) is 32.0 Å². The van der Waals surface area contributed by atoms with Gasteiger partial charge in [0.05, 0.1) is 5.56 Å². The van der Waals surface area contributed by atoms with Crippen LogP contribution in [-0.2, 0) is 4.79 Å². The Kier molecular flexibility index (Phi) is 7.25. The summed E-state index contributed by atoms with van der Waals surface area (Å²) in [6, 6.07) is 6.51. The number of hydrogen-bond donors (Lipinski definition) is 3. The van der Waals surface area contributed by atoms with Crippen molar-refractivity contribution in [2.24, 2.45) is 0 Å². The minimum Gasteiger partial charge on any atom is -0.492 e. The number of benzene rings is 1. The van der Waals surface area contributed by atoms with Gasteiger partial charge in [-0.3, -0.25) is 4.79 Å². The first kappa shape index (κ1) is 17.0. The van der Waals surface area contributed by atoms with Crippen LogP contribution >= 0.6 is 0 Å². The van der Waals surface area contributed by atoms with Crippen molar-refractivity contribution in [2.45, 2.75) is 26.3 Å². The number of amides is 1. The van der Waals surface area contributed by atoms with Gasteiger partial charge >= 0.3 is 5.97 Å². The van der Waals surface area contributed by atoms with Gasteiger partial charge in [-0.25, -0.2) is 4.79 Å². The van der Waals surface area contributed by atoms with Crippen LogP contribution in [0.3, 0.4) is 0 Å². The van der Waals surface area contributed by atoms with Crippen LogP contribution in [0.1, 0.15) is 30.6 Å². The lowest BCUT2D eigenvalue weighted by Gasteiger charge is -2.10. The monoisotopic (exact) mass is 294 g/mol. The molecule has 0 fully saturated rings. The molecule has 0 bridgehead atoms. The van der Waals surface area contributed by atoms with Gasteiger partial charge in [0, 0.05) is 25.6 Å². The summed E-state index contributed by atoms with van der Waals surface area (Å²) < 4.78 is 5.44. The van der Waals surface area contributed by atoms with Crippen molar-refractivity contribution in [3.8, 4) is 5.75 Å². The van der Waals surface area contributed by atoms with Gasteiger partial charge in [0.2, 0.25) is 5.91 Å². The molecule has 6 nitrogen and oxygen atoms in total. The van der Waals surface area contributed by atoms with Crippen molar-refractivity contribution in [3.63, 3.8) is 0 Å². The quantitative estimate of drug-likeness (QED) is 0.597. The molecule has 0 spiro atoms. The Morgan fingerprint density at radius 2 is 2.05 bits per heavy atom. The molecule has 0 saturated carbocycles. The fourth-order valence-electron chi connectivity index (χ4n) is 1.68. The van der Waals surface area contributed by atoms with E-state index in [0.29, 0.717) is 31.9 Å². The van der Waals surface area contributed by atoms with Crippen LogP contribution in [0, 0.1) is 0 Å². The predicted molar refractivity (Wildman–Crippen MR) is 79.7 cm³/mol. The summed E-state index contributed by atoms with van der Waals surface area (Å²) in [5.41, 5.74) is 0.200. The molecule has 0 aromatic heterocycles. The molecular formula is C15H22N2O4. The lowest BCUT2D eigenvalue weighted by Crippen LogP contribution is -2.33. The smallest absolute Gasteiger partial charge is 0.335 e. The number of nitrogens with one attached hydrogen (secondary N) is 2. The normalized spacial score (nSPS) is 10.4. The van der Waals surface area contributed by atoms with Crippen molar-refractivity contribution in [3.05, 3.63) is 29.8 Å². The maximum Gasteiger partial charge on any atom is 0.335 e. The van der Waals surface area contributed by atoms with Crippen LogP contribution in [0.5, 0.6) is 5.75 Å². The summed E-state index contributed by atoms with van der Waals surface area (Å²) >= 11 is 0. The Hall–Kier alpha value is -2.08. The summed E-state index contributed by atoms with van der Waals surface area (Å²) in [4.78, 5) is 22.2. The predicted octanol–water partition coefficient (Wildman–Crippen LogP) is 1.27. The fraction of sp³-hybridized carbons (Fsp3) is 0.467. The fourth-order valence-corrected chi connectivity index (χ4v) is 1.68. The topological polar surface area (TPSA) is 87.7 Å². The van der Waals surface area contributed by atoms with Gasteiger partial charge in [-0.15, -0.1) is 0 Å². The molecule has 0 saturated heterocycles. The Balaban J connectivity index is 2.16. The molecule has 0 heterocycles. The van der Waals surface area contributed by atoms with Gasteiger partial charge in [0.25, 0.3) is 0 Å². The van der Waals surface area contributed by atoms with E-state index in [4.69, 9.17) is 9.84 Å². The van der Waals surface area contributed by atoms with E-state index in [-0.39, 0.29) is 17.5 Å². The molecule has 0 atom stereocenters. The summed E-state index contributed by atoms with van der Waals surface area (Å²) in [5.74, 6) is -0.434. The minimum absolute atomic E-state index is 0.0209. The number of hydrogen-bond acceptors (Lipinski definition) is 4. The van der Waals surface area contributed by atoms with Gasteiger partial charge in [-0.2, -0.15) is 0 Å². The SMILES string of the molecule is CC(C)NC(=O)CCNCCOc1cccc(C(=O)O)c1.